The zero-order valence-electron chi connectivity index (χ0n) is 10.1. The number of nitrogens with two attached hydrogens (primary N) is 1. The van der Waals surface area contributed by atoms with E-state index in [1.54, 1.807) is 0 Å². The summed E-state index contributed by atoms with van der Waals surface area (Å²) in [5.74, 6) is -0.834. The predicted molar refractivity (Wildman–Crippen MR) is 63.9 cm³/mol. The van der Waals surface area contributed by atoms with Gasteiger partial charge in [0, 0.05) is 23.7 Å². The van der Waals surface area contributed by atoms with Crippen LogP contribution < -0.4 is 11.1 Å². The van der Waals surface area contributed by atoms with Gasteiger partial charge in [-0.15, -0.1) is 0 Å². The van der Waals surface area contributed by atoms with Crippen LogP contribution in [-0.4, -0.2) is 11.9 Å². The molecule has 0 saturated heterocycles. The Morgan fingerprint density at radius 2 is 2.24 bits per heavy atom. The summed E-state index contributed by atoms with van der Waals surface area (Å²) in [6.45, 7) is 4.77. The lowest BCUT2D eigenvalue weighted by molar-refractivity contribution is 0.1000. The molecular formula is C13H17FN2O. The summed E-state index contributed by atoms with van der Waals surface area (Å²) in [6.07, 6.45) is 1.10. The maximum atomic E-state index is 13.5. The molecule has 1 atom stereocenters. The Balaban J connectivity index is 2.04. The van der Waals surface area contributed by atoms with Gasteiger partial charge in [0.05, 0.1) is 0 Å². The molecule has 0 radical (unpaired) electrons. The van der Waals surface area contributed by atoms with Crippen molar-refractivity contribution in [3.63, 3.8) is 0 Å². The minimum Gasteiger partial charge on any atom is -0.366 e. The van der Waals surface area contributed by atoms with E-state index >= 15 is 0 Å². The fourth-order valence-corrected chi connectivity index (χ4v) is 1.91. The number of primary amides is 1. The number of halogens is 1. The van der Waals surface area contributed by atoms with Gasteiger partial charge < -0.3 is 11.1 Å². The minimum absolute atomic E-state index is 0.303. The van der Waals surface area contributed by atoms with E-state index in [1.165, 1.54) is 18.2 Å². The van der Waals surface area contributed by atoms with Crippen LogP contribution >= 0.6 is 0 Å². The van der Waals surface area contributed by atoms with Crippen LogP contribution in [-0.2, 0) is 6.54 Å². The van der Waals surface area contributed by atoms with E-state index in [9.17, 15) is 9.18 Å². The highest BCUT2D eigenvalue weighted by Crippen LogP contribution is 2.44. The van der Waals surface area contributed by atoms with Gasteiger partial charge in [-0.2, -0.15) is 0 Å². The smallest absolute Gasteiger partial charge is 0.248 e. The number of benzene rings is 1. The molecule has 0 bridgehead atoms. The Morgan fingerprint density at radius 1 is 1.59 bits per heavy atom. The maximum Gasteiger partial charge on any atom is 0.248 e. The van der Waals surface area contributed by atoms with E-state index in [0.29, 0.717) is 29.1 Å². The number of hydrogen-bond acceptors (Lipinski definition) is 2. The molecule has 1 unspecified atom stereocenters. The molecule has 1 saturated carbocycles. The van der Waals surface area contributed by atoms with E-state index in [0.717, 1.165) is 6.42 Å². The average molecular weight is 236 g/mol. The highest BCUT2D eigenvalue weighted by Gasteiger charge is 2.45. The zero-order valence-corrected chi connectivity index (χ0v) is 10.1. The van der Waals surface area contributed by atoms with Crippen molar-refractivity contribution in [3.05, 3.63) is 35.1 Å². The van der Waals surface area contributed by atoms with Crippen molar-refractivity contribution in [2.45, 2.75) is 32.9 Å². The number of nitrogens with one attached hydrogen (secondary N) is 1. The summed E-state index contributed by atoms with van der Waals surface area (Å²) < 4.78 is 13.5. The summed E-state index contributed by atoms with van der Waals surface area (Å²) >= 11 is 0. The van der Waals surface area contributed by atoms with Gasteiger partial charge in [0.25, 0.3) is 0 Å². The van der Waals surface area contributed by atoms with Crippen LogP contribution in [0.5, 0.6) is 0 Å². The molecule has 0 aromatic heterocycles. The first kappa shape index (κ1) is 12.0. The second kappa shape index (κ2) is 4.11. The number of hydrogen-bond donors (Lipinski definition) is 2. The van der Waals surface area contributed by atoms with Crippen molar-refractivity contribution in [3.8, 4) is 0 Å². The van der Waals surface area contributed by atoms with Crippen LogP contribution in [0.3, 0.4) is 0 Å². The molecule has 1 amide bonds. The monoisotopic (exact) mass is 236 g/mol. The molecule has 1 aliphatic carbocycles. The predicted octanol–water partition coefficient (Wildman–Crippen LogP) is 1.81. The van der Waals surface area contributed by atoms with Gasteiger partial charge in [-0.25, -0.2) is 4.39 Å². The lowest BCUT2D eigenvalue weighted by atomic mass is 10.1. The summed E-state index contributed by atoms with van der Waals surface area (Å²) in [6, 6.07) is 4.64. The van der Waals surface area contributed by atoms with E-state index in [-0.39, 0.29) is 5.82 Å². The Labute approximate surface area is 100 Å². The third-order valence-corrected chi connectivity index (χ3v) is 3.38. The van der Waals surface area contributed by atoms with E-state index < -0.39 is 5.91 Å². The Hall–Kier alpha value is -1.42. The average Bonchev–Trinajstić information content (AvgIpc) is 2.85. The normalized spacial score (nSPS) is 21.2. The second-order valence-corrected chi connectivity index (χ2v) is 5.30. The summed E-state index contributed by atoms with van der Waals surface area (Å²) in [4.78, 5) is 11.0. The topological polar surface area (TPSA) is 55.1 Å². The highest BCUT2D eigenvalue weighted by molar-refractivity contribution is 5.92. The lowest BCUT2D eigenvalue weighted by Gasteiger charge is -2.08. The first-order valence-electron chi connectivity index (χ1n) is 5.72. The van der Waals surface area contributed by atoms with Crippen molar-refractivity contribution in [1.29, 1.82) is 0 Å². The van der Waals surface area contributed by atoms with Crippen LogP contribution in [0.2, 0.25) is 0 Å². The van der Waals surface area contributed by atoms with Crippen LogP contribution in [0.4, 0.5) is 4.39 Å². The molecule has 1 aromatic carbocycles. The zero-order chi connectivity index (χ0) is 12.6. The molecule has 4 heteroatoms. The Morgan fingerprint density at radius 3 is 2.76 bits per heavy atom. The largest absolute Gasteiger partial charge is 0.366 e. The number of carbonyl (C=O) groups excluding carboxylic acids is 1. The quantitative estimate of drug-likeness (QED) is 0.837. The van der Waals surface area contributed by atoms with Gasteiger partial charge >= 0.3 is 0 Å². The molecular weight excluding hydrogens is 219 g/mol. The fraction of sp³-hybridized carbons (Fsp3) is 0.462. The van der Waals surface area contributed by atoms with Crippen molar-refractivity contribution in [2.24, 2.45) is 11.1 Å². The Bertz CT molecular complexity index is 457. The maximum absolute atomic E-state index is 13.5. The molecule has 92 valence electrons. The third-order valence-electron chi connectivity index (χ3n) is 3.38. The third kappa shape index (κ3) is 2.64. The van der Waals surface area contributed by atoms with Crippen molar-refractivity contribution < 1.29 is 9.18 Å². The molecule has 17 heavy (non-hydrogen) atoms. The second-order valence-electron chi connectivity index (χ2n) is 5.30. The Kier molecular flexibility index (Phi) is 2.91. The summed E-state index contributed by atoms with van der Waals surface area (Å²) in [7, 11) is 0. The van der Waals surface area contributed by atoms with Gasteiger partial charge in [-0.3, -0.25) is 4.79 Å². The lowest BCUT2D eigenvalue weighted by Crippen LogP contribution is -2.21. The first-order chi connectivity index (χ1) is 7.90. The molecule has 0 spiro atoms. The molecule has 1 aliphatic rings. The van der Waals surface area contributed by atoms with Crippen LogP contribution in [0.1, 0.15) is 36.2 Å². The van der Waals surface area contributed by atoms with Crippen LogP contribution in [0, 0.1) is 11.2 Å². The van der Waals surface area contributed by atoms with Crippen LogP contribution in [0.15, 0.2) is 18.2 Å². The van der Waals surface area contributed by atoms with Gasteiger partial charge in [0.1, 0.15) is 5.82 Å². The molecule has 3 N–H and O–H groups in total. The van der Waals surface area contributed by atoms with Crippen molar-refractivity contribution in [1.82, 2.24) is 5.32 Å². The van der Waals surface area contributed by atoms with Crippen LogP contribution in [0.25, 0.3) is 0 Å². The van der Waals surface area contributed by atoms with Gasteiger partial charge in [-0.05, 0) is 30.0 Å². The molecule has 3 nitrogen and oxygen atoms in total. The SMILES string of the molecule is CC1(C)CC1NCc1cc(C(N)=O)ccc1F. The highest BCUT2D eigenvalue weighted by atomic mass is 19.1. The van der Waals surface area contributed by atoms with E-state index in [4.69, 9.17) is 5.73 Å². The summed E-state index contributed by atoms with van der Waals surface area (Å²) in [5, 5.41) is 3.28. The number of rotatable bonds is 4. The van der Waals surface area contributed by atoms with Crippen molar-refractivity contribution in [2.75, 3.05) is 0 Å². The van der Waals surface area contributed by atoms with Gasteiger partial charge in [0.2, 0.25) is 5.91 Å². The molecule has 1 fully saturated rings. The molecule has 1 aromatic rings. The summed E-state index contributed by atoms with van der Waals surface area (Å²) in [5.41, 5.74) is 6.30. The first-order valence-corrected chi connectivity index (χ1v) is 5.72. The van der Waals surface area contributed by atoms with Gasteiger partial charge in [-0.1, -0.05) is 13.8 Å². The fourth-order valence-electron chi connectivity index (χ4n) is 1.91. The molecule has 0 aliphatic heterocycles. The molecule has 2 rings (SSSR count). The number of amides is 1. The number of carbonyl (C=O) groups is 1. The minimum atomic E-state index is -0.530. The van der Waals surface area contributed by atoms with E-state index in [1.807, 2.05) is 0 Å². The van der Waals surface area contributed by atoms with Crippen molar-refractivity contribution >= 4 is 5.91 Å². The molecule has 0 heterocycles. The van der Waals surface area contributed by atoms with Gasteiger partial charge in [0.15, 0.2) is 0 Å². The standard InChI is InChI=1S/C13H17FN2O/c1-13(2)6-11(13)16-7-9-5-8(12(15)17)3-4-10(9)14/h3-5,11,16H,6-7H2,1-2H3,(H2,15,17). The van der Waals surface area contributed by atoms with E-state index in [2.05, 4.69) is 19.2 Å².